The molecule has 2 unspecified atom stereocenters. The topological polar surface area (TPSA) is 60.5 Å². The normalized spacial score (nSPS) is 20.7. The molecule has 0 spiro atoms. The number of thiazole rings is 1. The molecule has 34 heavy (non-hydrogen) atoms. The molecule has 5 rings (SSSR count). The predicted molar refractivity (Wildman–Crippen MR) is 134 cm³/mol. The predicted octanol–water partition coefficient (Wildman–Crippen LogP) is 4.08. The number of carbonyl (C=O) groups is 1. The van der Waals surface area contributed by atoms with E-state index in [1.165, 1.54) is 22.6 Å². The fourth-order valence-electron chi connectivity index (χ4n) is 4.69. The van der Waals surface area contributed by atoms with E-state index in [1.54, 1.807) is 23.5 Å². The first-order valence-corrected chi connectivity index (χ1v) is 12.7. The van der Waals surface area contributed by atoms with Gasteiger partial charge in [-0.1, -0.05) is 31.2 Å². The van der Waals surface area contributed by atoms with Crippen molar-refractivity contribution in [1.82, 2.24) is 20.7 Å². The van der Waals surface area contributed by atoms with Gasteiger partial charge in [0.25, 0.3) is 0 Å². The van der Waals surface area contributed by atoms with E-state index in [0.717, 1.165) is 41.5 Å². The number of hydrogen-bond donors (Lipinski definition) is 2. The Balaban J connectivity index is 1.19. The molecule has 3 heterocycles. The van der Waals surface area contributed by atoms with E-state index < -0.39 is 0 Å². The second-order valence-electron chi connectivity index (χ2n) is 8.94. The van der Waals surface area contributed by atoms with Crippen LogP contribution >= 0.6 is 11.3 Å². The number of carbonyl (C=O) groups excluding carboxylic acids is 1. The van der Waals surface area contributed by atoms with Gasteiger partial charge in [-0.15, -0.1) is 11.3 Å². The van der Waals surface area contributed by atoms with E-state index in [2.05, 4.69) is 46.9 Å². The summed E-state index contributed by atoms with van der Waals surface area (Å²) in [6.07, 6.45) is 1.73. The first kappa shape index (κ1) is 23.0. The van der Waals surface area contributed by atoms with E-state index >= 15 is 0 Å². The lowest BCUT2D eigenvalue weighted by Crippen LogP contribution is -2.53. The molecule has 0 radical (unpaired) electrons. The summed E-state index contributed by atoms with van der Waals surface area (Å²) in [6.45, 7) is 7.01. The van der Waals surface area contributed by atoms with Crippen molar-refractivity contribution in [2.24, 2.45) is 0 Å². The summed E-state index contributed by atoms with van der Waals surface area (Å²) in [5, 5.41) is 1.02. The summed E-state index contributed by atoms with van der Waals surface area (Å²) in [6, 6.07) is 15.0. The molecule has 2 fully saturated rings. The SMILES string of the molecule is CCc1ccc(-c2nc(C)c(C3CC(C(=O)N4CCN(c5ccc(F)cc5)CC4)NN3)s2)cc1. The Hall–Kier alpha value is -2.81. The van der Waals surface area contributed by atoms with Crippen LogP contribution in [0.4, 0.5) is 10.1 Å². The molecule has 2 saturated heterocycles. The summed E-state index contributed by atoms with van der Waals surface area (Å²) in [7, 11) is 0. The number of rotatable bonds is 5. The number of nitrogens with zero attached hydrogens (tertiary/aromatic N) is 3. The molecule has 0 bridgehead atoms. The monoisotopic (exact) mass is 479 g/mol. The Morgan fingerprint density at radius 1 is 1.06 bits per heavy atom. The molecule has 2 N–H and O–H groups in total. The molecular weight excluding hydrogens is 449 g/mol. The van der Waals surface area contributed by atoms with Crippen LogP contribution in [0.15, 0.2) is 48.5 Å². The molecule has 0 aliphatic carbocycles. The van der Waals surface area contributed by atoms with Crippen molar-refractivity contribution in [2.45, 2.75) is 38.8 Å². The zero-order chi connectivity index (χ0) is 23.7. The minimum absolute atomic E-state index is 0.0654. The first-order chi connectivity index (χ1) is 16.5. The molecule has 2 atom stereocenters. The van der Waals surface area contributed by atoms with Crippen molar-refractivity contribution in [3.8, 4) is 10.6 Å². The molecule has 8 heteroatoms. The molecule has 178 valence electrons. The lowest BCUT2D eigenvalue weighted by molar-refractivity contribution is -0.133. The summed E-state index contributed by atoms with van der Waals surface area (Å²) in [4.78, 5) is 23.3. The number of piperazine rings is 1. The Labute approximate surface area is 203 Å². The highest BCUT2D eigenvalue weighted by molar-refractivity contribution is 7.15. The lowest BCUT2D eigenvalue weighted by atomic mass is 10.1. The number of aryl methyl sites for hydroxylation is 2. The van der Waals surface area contributed by atoms with E-state index in [0.29, 0.717) is 19.5 Å². The highest BCUT2D eigenvalue weighted by atomic mass is 32.1. The minimum atomic E-state index is -0.254. The maximum absolute atomic E-state index is 13.2. The molecule has 3 aromatic rings. The van der Waals surface area contributed by atoms with Gasteiger partial charge in [0.15, 0.2) is 0 Å². The van der Waals surface area contributed by atoms with Crippen LogP contribution in [0.5, 0.6) is 0 Å². The van der Waals surface area contributed by atoms with Gasteiger partial charge in [-0.05, 0) is 49.6 Å². The van der Waals surface area contributed by atoms with Gasteiger partial charge in [0.2, 0.25) is 5.91 Å². The third kappa shape index (κ3) is 4.71. The van der Waals surface area contributed by atoms with Crippen molar-refractivity contribution in [3.63, 3.8) is 0 Å². The zero-order valence-electron chi connectivity index (χ0n) is 19.6. The van der Waals surface area contributed by atoms with Crippen molar-refractivity contribution in [3.05, 3.63) is 70.5 Å². The van der Waals surface area contributed by atoms with Crippen LogP contribution in [0.2, 0.25) is 0 Å². The number of halogens is 1. The third-order valence-corrected chi connectivity index (χ3v) is 8.06. The number of nitrogens with one attached hydrogen (secondary N) is 2. The molecule has 1 aromatic heterocycles. The first-order valence-electron chi connectivity index (χ1n) is 11.9. The van der Waals surface area contributed by atoms with Gasteiger partial charge >= 0.3 is 0 Å². The van der Waals surface area contributed by atoms with E-state index in [9.17, 15) is 9.18 Å². The van der Waals surface area contributed by atoms with Crippen LogP contribution in [0, 0.1) is 12.7 Å². The molecule has 1 amide bonds. The number of amides is 1. The Morgan fingerprint density at radius 3 is 2.44 bits per heavy atom. The van der Waals surface area contributed by atoms with Crippen molar-refractivity contribution >= 4 is 22.9 Å². The smallest absolute Gasteiger partial charge is 0.241 e. The quantitative estimate of drug-likeness (QED) is 0.578. The largest absolute Gasteiger partial charge is 0.368 e. The van der Waals surface area contributed by atoms with Gasteiger partial charge in [-0.25, -0.2) is 20.2 Å². The molecule has 6 nitrogen and oxygen atoms in total. The number of anilines is 1. The Morgan fingerprint density at radius 2 is 1.76 bits per heavy atom. The highest BCUT2D eigenvalue weighted by Crippen LogP contribution is 2.35. The van der Waals surface area contributed by atoms with Crippen molar-refractivity contribution in [2.75, 3.05) is 31.1 Å². The average molecular weight is 480 g/mol. The highest BCUT2D eigenvalue weighted by Gasteiger charge is 2.35. The molecule has 2 aliphatic heterocycles. The third-order valence-electron chi connectivity index (χ3n) is 6.74. The summed E-state index contributed by atoms with van der Waals surface area (Å²) in [5.74, 6) is -0.101. The second-order valence-corrected chi connectivity index (χ2v) is 9.97. The van der Waals surface area contributed by atoms with Crippen LogP contribution in [0.25, 0.3) is 10.6 Å². The van der Waals surface area contributed by atoms with Crippen LogP contribution in [-0.2, 0) is 11.2 Å². The summed E-state index contributed by atoms with van der Waals surface area (Å²) >= 11 is 1.70. The van der Waals surface area contributed by atoms with Gasteiger partial charge in [-0.3, -0.25) is 4.79 Å². The standard InChI is InChI=1S/C26H30FN5OS/c1-3-18-4-6-19(7-5-18)25-28-17(2)24(34-25)22-16-23(30-29-22)26(33)32-14-12-31(13-15-32)21-10-8-20(27)9-11-21/h4-11,22-23,29-30H,3,12-16H2,1-2H3. The molecular formula is C26H30FN5OS. The van der Waals surface area contributed by atoms with Crippen LogP contribution in [0.3, 0.4) is 0 Å². The van der Waals surface area contributed by atoms with Crippen LogP contribution in [-0.4, -0.2) is 48.0 Å². The van der Waals surface area contributed by atoms with Gasteiger partial charge in [0.1, 0.15) is 16.9 Å². The lowest BCUT2D eigenvalue weighted by Gasteiger charge is -2.37. The van der Waals surface area contributed by atoms with Crippen molar-refractivity contribution in [1.29, 1.82) is 0 Å². The van der Waals surface area contributed by atoms with Crippen LogP contribution < -0.4 is 15.8 Å². The maximum atomic E-state index is 13.2. The Kier molecular flexibility index (Phi) is 6.63. The number of aromatic nitrogens is 1. The van der Waals surface area contributed by atoms with Gasteiger partial charge in [0, 0.05) is 42.3 Å². The van der Waals surface area contributed by atoms with Gasteiger partial charge in [0.05, 0.1) is 11.7 Å². The number of hydrazine groups is 1. The van der Waals surface area contributed by atoms with E-state index in [-0.39, 0.29) is 23.8 Å². The van der Waals surface area contributed by atoms with Gasteiger partial charge in [-0.2, -0.15) is 0 Å². The summed E-state index contributed by atoms with van der Waals surface area (Å²) in [5.41, 5.74) is 11.0. The second kappa shape index (κ2) is 9.82. The van der Waals surface area contributed by atoms with E-state index in [4.69, 9.17) is 4.98 Å². The Bertz CT molecular complexity index is 1140. The van der Waals surface area contributed by atoms with E-state index in [1.807, 2.05) is 11.8 Å². The number of hydrogen-bond acceptors (Lipinski definition) is 6. The van der Waals surface area contributed by atoms with Gasteiger partial charge < -0.3 is 9.80 Å². The average Bonchev–Trinajstić information content (AvgIpc) is 3.51. The van der Waals surface area contributed by atoms with Crippen molar-refractivity contribution < 1.29 is 9.18 Å². The molecule has 2 aromatic carbocycles. The van der Waals surface area contributed by atoms with Crippen LogP contribution in [0.1, 0.15) is 35.5 Å². The fourth-order valence-corrected chi connectivity index (χ4v) is 5.82. The maximum Gasteiger partial charge on any atom is 0.241 e. The zero-order valence-corrected chi connectivity index (χ0v) is 20.4. The molecule has 0 saturated carbocycles. The number of benzene rings is 2. The molecule has 2 aliphatic rings. The summed E-state index contributed by atoms with van der Waals surface area (Å²) < 4.78 is 13.2. The minimum Gasteiger partial charge on any atom is -0.368 e. The fraction of sp³-hybridized carbons (Fsp3) is 0.385.